The van der Waals surface area contributed by atoms with Crippen molar-refractivity contribution in [1.29, 1.82) is 0 Å². The molecule has 0 aliphatic carbocycles. The number of benzene rings is 1. The van der Waals surface area contributed by atoms with Gasteiger partial charge in [-0.2, -0.15) is 0 Å². The number of urea groups is 1. The van der Waals surface area contributed by atoms with E-state index in [4.69, 9.17) is 0 Å². The van der Waals surface area contributed by atoms with Crippen LogP contribution in [-0.2, 0) is 11.2 Å². The van der Waals surface area contributed by atoms with E-state index in [2.05, 4.69) is 20.9 Å². The van der Waals surface area contributed by atoms with Crippen LogP contribution >= 0.6 is 24.0 Å². The highest BCUT2D eigenvalue weighted by Crippen LogP contribution is 2.03. The van der Waals surface area contributed by atoms with E-state index in [0.717, 1.165) is 10.5 Å². The maximum absolute atomic E-state index is 13.1. The third-order valence-electron chi connectivity index (χ3n) is 3.38. The highest BCUT2D eigenvalue weighted by atomic mass is 127. The summed E-state index contributed by atoms with van der Waals surface area (Å²) in [4.78, 5) is 28.0. The van der Waals surface area contributed by atoms with Gasteiger partial charge in [0.2, 0.25) is 5.91 Å². The molecule has 1 aromatic rings. The summed E-state index contributed by atoms with van der Waals surface area (Å²) in [5.74, 6) is 0.0814. The molecular formula is C15H21FIN5O2. The third-order valence-corrected chi connectivity index (χ3v) is 3.38. The number of carbonyl (C=O) groups is 2. The normalized spacial score (nSPS) is 14.2. The number of guanidine groups is 1. The molecule has 0 aromatic heterocycles. The minimum absolute atomic E-state index is 0. The topological polar surface area (TPSA) is 85.8 Å². The third kappa shape index (κ3) is 5.95. The van der Waals surface area contributed by atoms with Gasteiger partial charge in [0, 0.05) is 26.7 Å². The highest BCUT2D eigenvalue weighted by Gasteiger charge is 2.27. The van der Waals surface area contributed by atoms with Gasteiger partial charge in [-0.1, -0.05) is 12.1 Å². The van der Waals surface area contributed by atoms with Gasteiger partial charge in [0.05, 0.1) is 6.54 Å². The van der Waals surface area contributed by atoms with Gasteiger partial charge in [0.25, 0.3) is 0 Å². The lowest BCUT2D eigenvalue weighted by Gasteiger charge is -2.15. The molecule has 1 aliphatic rings. The second-order valence-electron chi connectivity index (χ2n) is 5.01. The van der Waals surface area contributed by atoms with Crippen LogP contribution in [0, 0.1) is 5.82 Å². The Balaban J connectivity index is 0.00000288. The zero-order valence-electron chi connectivity index (χ0n) is 13.3. The predicted octanol–water partition coefficient (Wildman–Crippen LogP) is 0.703. The van der Waals surface area contributed by atoms with Crippen LogP contribution in [0.4, 0.5) is 9.18 Å². The molecule has 7 nitrogen and oxygen atoms in total. The van der Waals surface area contributed by atoms with Crippen molar-refractivity contribution < 1.29 is 14.0 Å². The number of halogens is 2. The Morgan fingerprint density at radius 1 is 1.33 bits per heavy atom. The van der Waals surface area contributed by atoms with Crippen LogP contribution in [-0.4, -0.2) is 56.0 Å². The van der Waals surface area contributed by atoms with Gasteiger partial charge >= 0.3 is 6.03 Å². The molecule has 1 saturated heterocycles. The zero-order valence-corrected chi connectivity index (χ0v) is 15.7. The zero-order chi connectivity index (χ0) is 16.7. The summed E-state index contributed by atoms with van der Waals surface area (Å²) in [6.45, 7) is 1.32. The summed E-state index contributed by atoms with van der Waals surface area (Å²) in [6.07, 6.45) is 0.658. The summed E-state index contributed by atoms with van der Waals surface area (Å²) in [6, 6.07) is 6.07. The number of aliphatic imine (C=N–C) groups is 1. The number of nitrogens with zero attached hydrogens (tertiary/aromatic N) is 2. The average molecular weight is 449 g/mol. The maximum atomic E-state index is 13.1. The Morgan fingerprint density at radius 2 is 2.08 bits per heavy atom. The summed E-state index contributed by atoms with van der Waals surface area (Å²) >= 11 is 0. The van der Waals surface area contributed by atoms with Crippen molar-refractivity contribution in [3.8, 4) is 0 Å². The molecule has 0 radical (unpaired) electrons. The van der Waals surface area contributed by atoms with Crippen molar-refractivity contribution in [1.82, 2.24) is 20.9 Å². The van der Waals surface area contributed by atoms with Gasteiger partial charge in [-0.15, -0.1) is 24.0 Å². The van der Waals surface area contributed by atoms with Gasteiger partial charge in [0.1, 0.15) is 5.82 Å². The molecule has 0 saturated carbocycles. The molecule has 9 heteroatoms. The Kier molecular flexibility index (Phi) is 8.44. The predicted molar refractivity (Wildman–Crippen MR) is 100.0 cm³/mol. The summed E-state index contributed by atoms with van der Waals surface area (Å²) in [7, 11) is 1.63. The van der Waals surface area contributed by atoms with Crippen molar-refractivity contribution in [2.75, 3.05) is 33.2 Å². The molecule has 1 aromatic carbocycles. The molecule has 0 atom stereocenters. The maximum Gasteiger partial charge on any atom is 0.324 e. The quantitative estimate of drug-likeness (QED) is 0.259. The molecule has 132 valence electrons. The molecule has 1 aliphatic heterocycles. The van der Waals surface area contributed by atoms with E-state index in [1.165, 1.54) is 12.1 Å². The minimum Gasteiger partial charge on any atom is -0.356 e. The van der Waals surface area contributed by atoms with Crippen LogP contribution in [0.25, 0.3) is 0 Å². The number of imide groups is 1. The number of nitrogens with one attached hydrogen (secondary N) is 3. The summed E-state index contributed by atoms with van der Waals surface area (Å²) in [5.41, 5.74) is 0.896. The van der Waals surface area contributed by atoms with Gasteiger partial charge < -0.3 is 16.0 Å². The second kappa shape index (κ2) is 10.1. The van der Waals surface area contributed by atoms with Crippen LogP contribution in [0.2, 0.25) is 0 Å². The molecule has 3 N–H and O–H groups in total. The van der Waals surface area contributed by atoms with E-state index in [1.807, 2.05) is 6.07 Å². The molecule has 1 fully saturated rings. The first-order valence-corrected chi connectivity index (χ1v) is 7.37. The molecule has 0 bridgehead atoms. The fourth-order valence-electron chi connectivity index (χ4n) is 2.21. The number of amides is 3. The van der Waals surface area contributed by atoms with Crippen LogP contribution in [0.5, 0.6) is 0 Å². The van der Waals surface area contributed by atoms with E-state index in [1.54, 1.807) is 13.1 Å². The first-order chi connectivity index (χ1) is 11.1. The summed E-state index contributed by atoms with van der Waals surface area (Å²) < 4.78 is 13.1. The Morgan fingerprint density at radius 3 is 2.71 bits per heavy atom. The summed E-state index contributed by atoms with van der Waals surface area (Å²) in [5, 5.41) is 8.59. The average Bonchev–Trinajstić information content (AvgIpc) is 2.85. The van der Waals surface area contributed by atoms with E-state index in [9.17, 15) is 14.0 Å². The fourth-order valence-corrected chi connectivity index (χ4v) is 2.21. The first-order valence-electron chi connectivity index (χ1n) is 7.37. The molecule has 2 rings (SSSR count). The monoisotopic (exact) mass is 449 g/mol. The molecule has 0 spiro atoms. The van der Waals surface area contributed by atoms with E-state index >= 15 is 0 Å². The van der Waals surface area contributed by atoms with Crippen molar-refractivity contribution >= 4 is 41.9 Å². The van der Waals surface area contributed by atoms with Gasteiger partial charge in [-0.3, -0.25) is 14.7 Å². The lowest BCUT2D eigenvalue weighted by atomic mass is 10.1. The number of hydrogen-bond donors (Lipinski definition) is 3. The fraction of sp³-hybridized carbons (Fsp3) is 0.400. The van der Waals surface area contributed by atoms with E-state index < -0.39 is 0 Å². The van der Waals surface area contributed by atoms with Crippen molar-refractivity contribution in [2.24, 2.45) is 4.99 Å². The Bertz CT molecular complexity index is 595. The highest BCUT2D eigenvalue weighted by molar-refractivity contribution is 14.0. The standard InChI is InChI=1S/C15H20FN5O2.HI/c1-17-14(18-6-5-11-3-2-4-12(16)9-11)19-7-8-21-13(22)10-20-15(21)23;/h2-4,9H,5-8,10H2,1H3,(H,20,23)(H2,17,18,19);1H. The smallest absolute Gasteiger partial charge is 0.324 e. The van der Waals surface area contributed by atoms with Gasteiger partial charge in [-0.25, -0.2) is 9.18 Å². The molecule has 1 heterocycles. The van der Waals surface area contributed by atoms with Gasteiger partial charge in [-0.05, 0) is 24.1 Å². The van der Waals surface area contributed by atoms with Crippen molar-refractivity contribution in [2.45, 2.75) is 6.42 Å². The van der Waals surface area contributed by atoms with Gasteiger partial charge in [0.15, 0.2) is 5.96 Å². The number of carbonyl (C=O) groups excluding carboxylic acids is 2. The van der Waals surface area contributed by atoms with Crippen LogP contribution < -0.4 is 16.0 Å². The van der Waals surface area contributed by atoms with Crippen molar-refractivity contribution in [3.05, 3.63) is 35.6 Å². The molecule has 3 amide bonds. The molecule has 24 heavy (non-hydrogen) atoms. The first kappa shape index (κ1) is 20.1. The Labute approximate surface area is 157 Å². The second-order valence-corrected chi connectivity index (χ2v) is 5.01. The lowest BCUT2D eigenvalue weighted by molar-refractivity contribution is -0.124. The number of rotatable bonds is 6. The van der Waals surface area contributed by atoms with Crippen LogP contribution in [0.1, 0.15) is 5.56 Å². The number of hydrogen-bond acceptors (Lipinski definition) is 3. The van der Waals surface area contributed by atoms with E-state index in [-0.39, 0.29) is 54.8 Å². The Hall–Kier alpha value is -1.91. The molecular weight excluding hydrogens is 428 g/mol. The largest absolute Gasteiger partial charge is 0.356 e. The van der Waals surface area contributed by atoms with E-state index in [0.29, 0.717) is 25.5 Å². The van der Waals surface area contributed by atoms with Crippen molar-refractivity contribution in [3.63, 3.8) is 0 Å². The minimum atomic E-state index is -0.370. The lowest BCUT2D eigenvalue weighted by Crippen LogP contribution is -2.43. The SMILES string of the molecule is CN=C(NCCc1cccc(F)c1)NCCN1C(=O)CNC1=O.I. The van der Waals surface area contributed by atoms with Crippen LogP contribution in [0.3, 0.4) is 0 Å². The molecule has 0 unspecified atom stereocenters. The van der Waals surface area contributed by atoms with Crippen LogP contribution in [0.15, 0.2) is 29.3 Å².